The average Bonchev–Trinajstić information content (AvgIpc) is 2.75. The quantitative estimate of drug-likeness (QED) is 0.882. The van der Waals surface area contributed by atoms with Crippen LogP contribution in [0.25, 0.3) is 5.65 Å². The van der Waals surface area contributed by atoms with E-state index in [1.165, 1.54) is 22.7 Å². The lowest BCUT2D eigenvalue weighted by molar-refractivity contribution is 0.0688. The van der Waals surface area contributed by atoms with Gasteiger partial charge in [-0.2, -0.15) is 0 Å². The second kappa shape index (κ2) is 6.00. The van der Waals surface area contributed by atoms with Crippen molar-refractivity contribution >= 4 is 11.6 Å². The van der Waals surface area contributed by atoms with Crippen LogP contribution in [0.1, 0.15) is 35.9 Å². The minimum Gasteiger partial charge on any atom is -0.476 e. The Labute approximate surface area is 116 Å². The maximum atomic E-state index is 13.4. The van der Waals surface area contributed by atoms with Gasteiger partial charge in [-0.15, -0.1) is 0 Å². The number of carboxylic acid groups (broad SMARTS) is 1. The summed E-state index contributed by atoms with van der Waals surface area (Å²) in [5.41, 5.74) is 0.937. The van der Waals surface area contributed by atoms with Gasteiger partial charge in [0.2, 0.25) is 0 Å². The summed E-state index contributed by atoms with van der Waals surface area (Å²) in [5.74, 6) is -1.50. The molecule has 2 rings (SSSR count). The van der Waals surface area contributed by atoms with Crippen LogP contribution in [0.2, 0.25) is 0 Å². The minimum atomic E-state index is -1.09. The number of rotatable bonds is 6. The molecule has 0 saturated carbocycles. The predicted molar refractivity (Wildman–Crippen MR) is 73.4 cm³/mol. The summed E-state index contributed by atoms with van der Waals surface area (Å²) in [5, 5.41) is 9.24. The molecule has 0 bridgehead atoms. The van der Waals surface area contributed by atoms with Gasteiger partial charge in [-0.1, -0.05) is 13.3 Å². The highest BCUT2D eigenvalue weighted by atomic mass is 19.1. The molecular formula is C14H18FN3O2. The Morgan fingerprint density at radius 1 is 1.50 bits per heavy atom. The van der Waals surface area contributed by atoms with Gasteiger partial charge in [0.1, 0.15) is 11.5 Å². The Kier molecular flexibility index (Phi) is 4.34. The molecule has 0 spiro atoms. The zero-order valence-electron chi connectivity index (χ0n) is 11.6. The molecule has 20 heavy (non-hydrogen) atoms. The van der Waals surface area contributed by atoms with Crippen molar-refractivity contribution in [1.29, 1.82) is 0 Å². The predicted octanol–water partition coefficient (Wildman–Crippen LogP) is 2.40. The van der Waals surface area contributed by atoms with E-state index in [-0.39, 0.29) is 5.69 Å². The van der Waals surface area contributed by atoms with Gasteiger partial charge in [0, 0.05) is 12.7 Å². The number of carboxylic acids is 1. The Bertz CT molecular complexity index is 624. The number of nitrogens with zero attached hydrogens (tertiary/aromatic N) is 3. The zero-order chi connectivity index (χ0) is 14.7. The summed E-state index contributed by atoms with van der Waals surface area (Å²) in [6.45, 7) is 3.38. The lowest BCUT2D eigenvalue weighted by Gasteiger charge is -2.16. The third-order valence-electron chi connectivity index (χ3n) is 3.20. The third-order valence-corrected chi connectivity index (χ3v) is 3.20. The first-order valence-electron chi connectivity index (χ1n) is 6.61. The first-order valence-corrected chi connectivity index (χ1v) is 6.61. The average molecular weight is 279 g/mol. The van der Waals surface area contributed by atoms with Crippen molar-refractivity contribution in [3.05, 3.63) is 35.5 Å². The van der Waals surface area contributed by atoms with Crippen molar-refractivity contribution in [2.75, 3.05) is 13.6 Å². The molecule has 2 aromatic heterocycles. The van der Waals surface area contributed by atoms with Crippen LogP contribution in [0.3, 0.4) is 0 Å². The summed E-state index contributed by atoms with van der Waals surface area (Å²) < 4.78 is 14.9. The van der Waals surface area contributed by atoms with E-state index in [2.05, 4.69) is 11.9 Å². The monoisotopic (exact) mass is 279 g/mol. The number of unbranched alkanes of at least 4 members (excludes halogenated alkanes) is 1. The molecule has 2 heterocycles. The first kappa shape index (κ1) is 14.5. The molecule has 5 nitrogen and oxygen atoms in total. The summed E-state index contributed by atoms with van der Waals surface area (Å²) >= 11 is 0. The van der Waals surface area contributed by atoms with E-state index in [0.29, 0.717) is 17.9 Å². The van der Waals surface area contributed by atoms with Crippen LogP contribution in [0.15, 0.2) is 18.3 Å². The van der Waals surface area contributed by atoms with Gasteiger partial charge in [-0.3, -0.25) is 4.40 Å². The lowest BCUT2D eigenvalue weighted by atomic mass is 10.2. The molecule has 0 unspecified atom stereocenters. The van der Waals surface area contributed by atoms with Gasteiger partial charge in [-0.25, -0.2) is 14.2 Å². The molecule has 0 amide bonds. The van der Waals surface area contributed by atoms with Crippen LogP contribution < -0.4 is 0 Å². The fraction of sp³-hybridized carbons (Fsp3) is 0.429. The molecule has 0 radical (unpaired) electrons. The standard InChI is InChI=1S/C14H18FN3O2/c1-3-4-7-17(2)9-11-13(14(19)20)16-12-6-5-10(15)8-18(11)12/h5-6,8H,3-4,7,9H2,1-2H3,(H,19,20). The molecular weight excluding hydrogens is 261 g/mol. The molecule has 6 heteroatoms. The van der Waals surface area contributed by atoms with E-state index in [1.54, 1.807) is 0 Å². The van der Waals surface area contributed by atoms with Crippen LogP contribution in [0.5, 0.6) is 0 Å². The lowest BCUT2D eigenvalue weighted by Crippen LogP contribution is -2.21. The van der Waals surface area contributed by atoms with Crippen molar-refractivity contribution < 1.29 is 14.3 Å². The SMILES string of the molecule is CCCCN(C)Cc1c(C(=O)O)nc2ccc(F)cn12. The van der Waals surface area contributed by atoms with Crippen LogP contribution in [0, 0.1) is 5.82 Å². The molecule has 0 aliphatic carbocycles. The van der Waals surface area contributed by atoms with Gasteiger partial charge in [-0.05, 0) is 32.1 Å². The van der Waals surface area contributed by atoms with Crippen molar-refractivity contribution in [2.24, 2.45) is 0 Å². The van der Waals surface area contributed by atoms with E-state index >= 15 is 0 Å². The van der Waals surface area contributed by atoms with Crippen LogP contribution >= 0.6 is 0 Å². The van der Waals surface area contributed by atoms with Crippen molar-refractivity contribution in [3.8, 4) is 0 Å². The topological polar surface area (TPSA) is 57.8 Å². The number of hydrogen-bond acceptors (Lipinski definition) is 3. The number of imidazole rings is 1. The second-order valence-corrected chi connectivity index (χ2v) is 4.88. The highest BCUT2D eigenvalue weighted by molar-refractivity contribution is 5.87. The molecule has 0 saturated heterocycles. The van der Waals surface area contributed by atoms with E-state index in [1.807, 2.05) is 11.9 Å². The number of fused-ring (bicyclic) bond motifs is 1. The van der Waals surface area contributed by atoms with Crippen molar-refractivity contribution in [1.82, 2.24) is 14.3 Å². The zero-order valence-corrected chi connectivity index (χ0v) is 11.6. The van der Waals surface area contributed by atoms with Gasteiger partial charge in [0.25, 0.3) is 0 Å². The van der Waals surface area contributed by atoms with E-state index in [4.69, 9.17) is 0 Å². The smallest absolute Gasteiger partial charge is 0.356 e. The van der Waals surface area contributed by atoms with Gasteiger partial charge in [0.05, 0.1) is 5.69 Å². The summed E-state index contributed by atoms with van der Waals surface area (Å²) in [4.78, 5) is 17.4. The highest BCUT2D eigenvalue weighted by Gasteiger charge is 2.19. The van der Waals surface area contributed by atoms with Crippen molar-refractivity contribution in [2.45, 2.75) is 26.3 Å². The van der Waals surface area contributed by atoms with Gasteiger partial charge < -0.3 is 10.0 Å². The molecule has 0 aromatic carbocycles. The van der Waals surface area contributed by atoms with Gasteiger partial charge >= 0.3 is 5.97 Å². The molecule has 1 N–H and O–H groups in total. The van der Waals surface area contributed by atoms with Crippen molar-refractivity contribution in [3.63, 3.8) is 0 Å². The minimum absolute atomic E-state index is 0.0149. The van der Waals surface area contributed by atoms with Crippen LogP contribution in [-0.4, -0.2) is 39.0 Å². The van der Waals surface area contributed by atoms with Gasteiger partial charge in [0.15, 0.2) is 5.69 Å². The molecule has 2 aromatic rings. The number of carbonyl (C=O) groups is 1. The van der Waals surface area contributed by atoms with E-state index < -0.39 is 11.8 Å². The second-order valence-electron chi connectivity index (χ2n) is 4.88. The fourth-order valence-electron chi connectivity index (χ4n) is 2.15. The fourth-order valence-corrected chi connectivity index (χ4v) is 2.15. The number of aromatic carboxylic acids is 1. The summed E-state index contributed by atoms with van der Waals surface area (Å²) in [6, 6.07) is 2.76. The van der Waals surface area contributed by atoms with E-state index in [0.717, 1.165) is 19.4 Å². The summed E-state index contributed by atoms with van der Waals surface area (Å²) in [7, 11) is 1.92. The first-order chi connectivity index (χ1) is 9.52. The highest BCUT2D eigenvalue weighted by Crippen LogP contribution is 2.16. The van der Waals surface area contributed by atoms with Crippen LogP contribution in [0.4, 0.5) is 4.39 Å². The largest absolute Gasteiger partial charge is 0.476 e. The maximum Gasteiger partial charge on any atom is 0.356 e. The molecule has 0 aliphatic heterocycles. The normalized spacial score (nSPS) is 11.4. The Hall–Kier alpha value is -1.95. The number of halogens is 1. The number of aromatic nitrogens is 2. The summed E-state index contributed by atoms with van der Waals surface area (Å²) in [6.07, 6.45) is 3.37. The Morgan fingerprint density at radius 3 is 2.90 bits per heavy atom. The maximum absolute atomic E-state index is 13.4. The number of hydrogen-bond donors (Lipinski definition) is 1. The Balaban J connectivity index is 2.40. The third kappa shape index (κ3) is 2.96. The molecule has 0 fully saturated rings. The number of pyridine rings is 1. The van der Waals surface area contributed by atoms with Crippen LogP contribution in [-0.2, 0) is 6.54 Å². The molecule has 0 atom stereocenters. The Morgan fingerprint density at radius 2 is 2.25 bits per heavy atom. The molecule has 0 aliphatic rings. The molecule has 108 valence electrons. The van der Waals surface area contributed by atoms with E-state index in [9.17, 15) is 14.3 Å².